The van der Waals surface area contributed by atoms with Crippen molar-refractivity contribution in [2.45, 2.75) is 13.0 Å². The monoisotopic (exact) mass is 334 g/mol. The van der Waals surface area contributed by atoms with Crippen LogP contribution in [0.2, 0.25) is 0 Å². The summed E-state index contributed by atoms with van der Waals surface area (Å²) >= 11 is 0. The number of hydrogen-bond acceptors (Lipinski definition) is 3. The van der Waals surface area contributed by atoms with Crippen molar-refractivity contribution in [1.29, 1.82) is 0 Å². The van der Waals surface area contributed by atoms with Crippen LogP contribution in [0.15, 0.2) is 36.9 Å². The Morgan fingerprint density at radius 2 is 2.04 bits per heavy atom. The summed E-state index contributed by atoms with van der Waals surface area (Å²) in [4.78, 5) is 29.4. The molecule has 1 aliphatic heterocycles. The van der Waals surface area contributed by atoms with Crippen LogP contribution in [0, 0.1) is 17.6 Å². The molecule has 0 radical (unpaired) electrons. The van der Waals surface area contributed by atoms with Gasteiger partial charge in [-0.05, 0) is 12.1 Å². The maximum absolute atomic E-state index is 13.3. The number of carbonyl (C=O) groups is 2. The number of anilines is 1. The van der Waals surface area contributed by atoms with Crippen LogP contribution in [0.25, 0.3) is 0 Å². The summed E-state index contributed by atoms with van der Waals surface area (Å²) in [6, 6.07) is 2.91. The molecule has 0 spiro atoms. The fraction of sp³-hybridized carbons (Fsp3) is 0.312. The van der Waals surface area contributed by atoms with E-state index in [0.29, 0.717) is 13.1 Å². The Labute approximate surface area is 137 Å². The topological polar surface area (TPSA) is 67.2 Å². The first-order valence-corrected chi connectivity index (χ1v) is 7.53. The number of aromatic nitrogens is 2. The van der Waals surface area contributed by atoms with E-state index in [-0.39, 0.29) is 30.5 Å². The van der Waals surface area contributed by atoms with Crippen molar-refractivity contribution in [2.75, 3.05) is 18.0 Å². The third-order valence-corrected chi connectivity index (χ3v) is 3.88. The minimum atomic E-state index is -0.758. The second-order valence-corrected chi connectivity index (χ2v) is 5.62. The molecule has 8 heteroatoms. The number of nitrogens with one attached hydrogen (secondary N) is 1. The van der Waals surface area contributed by atoms with E-state index in [2.05, 4.69) is 10.3 Å². The lowest BCUT2D eigenvalue weighted by atomic mass is 10.1. The number of amides is 2. The van der Waals surface area contributed by atoms with E-state index < -0.39 is 17.6 Å². The highest BCUT2D eigenvalue weighted by molar-refractivity contribution is 6.00. The molecule has 126 valence electrons. The Bertz CT molecular complexity index is 728. The molecule has 0 unspecified atom stereocenters. The normalized spacial score (nSPS) is 17.3. The average molecular weight is 334 g/mol. The summed E-state index contributed by atoms with van der Waals surface area (Å²) in [5.41, 5.74) is 0.131. The Hall–Kier alpha value is -2.77. The van der Waals surface area contributed by atoms with Crippen molar-refractivity contribution in [1.82, 2.24) is 14.9 Å². The molecule has 1 atom stereocenters. The van der Waals surface area contributed by atoms with Gasteiger partial charge in [0.05, 0.1) is 12.2 Å². The van der Waals surface area contributed by atoms with Crippen molar-refractivity contribution >= 4 is 17.5 Å². The van der Waals surface area contributed by atoms with Crippen LogP contribution < -0.4 is 10.2 Å². The maximum atomic E-state index is 13.3. The minimum Gasteiger partial charge on any atom is -0.354 e. The van der Waals surface area contributed by atoms with Crippen molar-refractivity contribution in [2.24, 2.45) is 5.92 Å². The van der Waals surface area contributed by atoms with Crippen LogP contribution in [0.5, 0.6) is 0 Å². The smallest absolute Gasteiger partial charge is 0.227 e. The molecule has 24 heavy (non-hydrogen) atoms. The van der Waals surface area contributed by atoms with Crippen LogP contribution in [0.3, 0.4) is 0 Å². The summed E-state index contributed by atoms with van der Waals surface area (Å²) in [6.07, 6.45) is 5.10. The van der Waals surface area contributed by atoms with E-state index in [0.717, 1.165) is 18.2 Å². The van der Waals surface area contributed by atoms with Gasteiger partial charge in [-0.1, -0.05) is 0 Å². The quantitative estimate of drug-likeness (QED) is 0.897. The van der Waals surface area contributed by atoms with Gasteiger partial charge in [0.25, 0.3) is 0 Å². The van der Waals surface area contributed by atoms with Crippen molar-refractivity contribution < 1.29 is 18.4 Å². The molecule has 1 N–H and O–H groups in total. The second-order valence-electron chi connectivity index (χ2n) is 5.62. The zero-order chi connectivity index (χ0) is 17.1. The molecule has 0 bridgehead atoms. The van der Waals surface area contributed by atoms with E-state index >= 15 is 0 Å². The lowest BCUT2D eigenvalue weighted by Gasteiger charge is -2.17. The molecular formula is C16H16F2N4O2. The third kappa shape index (κ3) is 3.58. The van der Waals surface area contributed by atoms with E-state index in [1.807, 2.05) is 4.57 Å². The molecule has 1 aromatic heterocycles. The lowest BCUT2D eigenvalue weighted by Crippen LogP contribution is -2.34. The lowest BCUT2D eigenvalue weighted by molar-refractivity contribution is -0.126. The zero-order valence-corrected chi connectivity index (χ0v) is 12.8. The minimum absolute atomic E-state index is 0.0229. The highest BCUT2D eigenvalue weighted by Crippen LogP contribution is 2.26. The first-order chi connectivity index (χ1) is 11.5. The fourth-order valence-electron chi connectivity index (χ4n) is 2.70. The Kier molecular flexibility index (Phi) is 4.54. The van der Waals surface area contributed by atoms with E-state index in [1.165, 1.54) is 4.90 Å². The molecule has 3 rings (SSSR count). The molecule has 2 heterocycles. The summed E-state index contributed by atoms with van der Waals surface area (Å²) in [6.45, 7) is 1.10. The number of benzene rings is 1. The molecule has 6 nitrogen and oxygen atoms in total. The number of imidazole rings is 1. The summed E-state index contributed by atoms with van der Waals surface area (Å²) < 4.78 is 28.4. The third-order valence-electron chi connectivity index (χ3n) is 3.88. The van der Waals surface area contributed by atoms with Gasteiger partial charge < -0.3 is 14.8 Å². The van der Waals surface area contributed by atoms with Crippen molar-refractivity contribution in [3.63, 3.8) is 0 Å². The van der Waals surface area contributed by atoms with Crippen LogP contribution in [0.1, 0.15) is 6.42 Å². The van der Waals surface area contributed by atoms with E-state index in [1.54, 1.807) is 18.7 Å². The summed E-state index contributed by atoms with van der Waals surface area (Å²) in [5, 5.41) is 2.76. The first-order valence-electron chi connectivity index (χ1n) is 7.53. The number of halogens is 2. The van der Waals surface area contributed by atoms with Crippen molar-refractivity contribution in [3.8, 4) is 0 Å². The fourth-order valence-corrected chi connectivity index (χ4v) is 2.70. The molecule has 1 fully saturated rings. The van der Waals surface area contributed by atoms with Gasteiger partial charge in [0.1, 0.15) is 11.6 Å². The van der Waals surface area contributed by atoms with Gasteiger partial charge in [-0.15, -0.1) is 0 Å². The van der Waals surface area contributed by atoms with Gasteiger partial charge >= 0.3 is 0 Å². The van der Waals surface area contributed by atoms with Gasteiger partial charge in [-0.25, -0.2) is 13.8 Å². The number of rotatable bonds is 5. The van der Waals surface area contributed by atoms with E-state index in [9.17, 15) is 18.4 Å². The molecule has 1 saturated heterocycles. The first kappa shape index (κ1) is 16.1. The molecule has 2 amide bonds. The number of nitrogens with zero attached hydrogens (tertiary/aromatic N) is 3. The van der Waals surface area contributed by atoms with Gasteiger partial charge in [0.2, 0.25) is 11.8 Å². The van der Waals surface area contributed by atoms with E-state index in [4.69, 9.17) is 0 Å². The molecule has 0 saturated carbocycles. The van der Waals surface area contributed by atoms with Crippen LogP contribution in [-0.2, 0) is 16.1 Å². The van der Waals surface area contributed by atoms with Gasteiger partial charge in [0.15, 0.2) is 0 Å². The zero-order valence-electron chi connectivity index (χ0n) is 12.8. The number of carbonyl (C=O) groups excluding carboxylic acids is 2. The Morgan fingerprint density at radius 1 is 1.29 bits per heavy atom. The second kappa shape index (κ2) is 6.77. The summed E-state index contributed by atoms with van der Waals surface area (Å²) in [7, 11) is 0. The largest absolute Gasteiger partial charge is 0.354 e. The van der Waals surface area contributed by atoms with Crippen LogP contribution in [-0.4, -0.2) is 34.5 Å². The molecule has 2 aromatic rings. The highest BCUT2D eigenvalue weighted by atomic mass is 19.1. The molecular weight excluding hydrogens is 318 g/mol. The molecule has 1 aliphatic rings. The van der Waals surface area contributed by atoms with Crippen LogP contribution >= 0.6 is 0 Å². The van der Waals surface area contributed by atoms with Crippen LogP contribution in [0.4, 0.5) is 14.5 Å². The Morgan fingerprint density at radius 3 is 2.71 bits per heavy atom. The standard InChI is InChI=1S/C16H16F2N4O2/c17-12-6-13(18)8-14(7-12)22-9-11(5-15(22)23)16(24)20-2-4-21-3-1-19-10-21/h1,3,6-8,10-11H,2,4-5,9H2,(H,20,24)/t11-/m0/s1. The Balaban J connectivity index is 1.58. The number of hydrogen-bond donors (Lipinski definition) is 1. The maximum Gasteiger partial charge on any atom is 0.227 e. The SMILES string of the molecule is O=C(NCCn1ccnc1)[C@H]1CC(=O)N(c2cc(F)cc(F)c2)C1. The summed E-state index contributed by atoms with van der Waals surface area (Å²) in [5.74, 6) is -2.62. The van der Waals surface area contributed by atoms with Gasteiger partial charge in [-0.3, -0.25) is 9.59 Å². The highest BCUT2D eigenvalue weighted by Gasteiger charge is 2.35. The molecule has 1 aromatic carbocycles. The predicted octanol–water partition coefficient (Wildman–Crippen LogP) is 1.33. The van der Waals surface area contributed by atoms with Gasteiger partial charge in [0, 0.05) is 50.2 Å². The van der Waals surface area contributed by atoms with Gasteiger partial charge in [-0.2, -0.15) is 0 Å². The average Bonchev–Trinajstić information content (AvgIpc) is 3.15. The predicted molar refractivity (Wildman–Crippen MR) is 82.1 cm³/mol. The van der Waals surface area contributed by atoms with Crippen molar-refractivity contribution in [3.05, 3.63) is 48.6 Å². The molecule has 0 aliphatic carbocycles.